The Labute approximate surface area is 227 Å². The van der Waals surface area contributed by atoms with E-state index in [0.717, 1.165) is 77.5 Å². The number of nitrogens with zero attached hydrogens (tertiary/aromatic N) is 7. The number of aryl methyl sites for hydroxylation is 4. The van der Waals surface area contributed by atoms with E-state index in [9.17, 15) is 0 Å². The first-order chi connectivity index (χ1) is 18.4. The molecule has 0 bridgehead atoms. The summed E-state index contributed by atoms with van der Waals surface area (Å²) in [6, 6.07) is 8.24. The van der Waals surface area contributed by atoms with E-state index >= 15 is 0 Å². The predicted octanol–water partition coefficient (Wildman–Crippen LogP) is 5.88. The number of aromatic nitrogens is 6. The van der Waals surface area contributed by atoms with Crippen LogP contribution in [0.25, 0.3) is 28.1 Å². The molecular formula is C29H31ClN8. The Bertz CT molecular complexity index is 1590. The quantitative estimate of drug-likeness (QED) is 0.350. The van der Waals surface area contributed by atoms with E-state index in [4.69, 9.17) is 21.7 Å². The zero-order valence-corrected chi connectivity index (χ0v) is 22.9. The van der Waals surface area contributed by atoms with Crippen LogP contribution >= 0.6 is 11.6 Å². The minimum Gasteiger partial charge on any atom is -0.380 e. The SMILES string of the molecule is CCn1ccc(Nc2ncc3c(n2)-c2c(nn(C)c2-c2ccc(C4=CN(C)CCC(C)=C4)cc2Cl)CC3)n1. The lowest BCUT2D eigenvalue weighted by Gasteiger charge is -2.17. The van der Waals surface area contributed by atoms with Crippen LogP contribution in [-0.4, -0.2) is 48.0 Å². The summed E-state index contributed by atoms with van der Waals surface area (Å²) < 4.78 is 3.80. The summed E-state index contributed by atoms with van der Waals surface area (Å²) in [5.41, 5.74) is 9.60. The maximum atomic E-state index is 6.99. The number of benzene rings is 1. The second-order valence-corrected chi connectivity index (χ2v) is 10.5. The van der Waals surface area contributed by atoms with Crippen LogP contribution in [0.1, 0.15) is 37.1 Å². The van der Waals surface area contributed by atoms with Crippen molar-refractivity contribution in [1.82, 2.24) is 34.4 Å². The fraction of sp³-hybridized carbons (Fsp3) is 0.310. The molecule has 1 N–H and O–H groups in total. The normalized spacial score (nSPS) is 14.9. The van der Waals surface area contributed by atoms with Gasteiger partial charge < -0.3 is 10.2 Å². The monoisotopic (exact) mass is 526 g/mol. The van der Waals surface area contributed by atoms with Crippen molar-refractivity contribution in [2.45, 2.75) is 39.7 Å². The summed E-state index contributed by atoms with van der Waals surface area (Å²) in [4.78, 5) is 11.7. The number of fused-ring (bicyclic) bond motifs is 3. The van der Waals surface area contributed by atoms with E-state index in [1.807, 2.05) is 34.9 Å². The van der Waals surface area contributed by atoms with Gasteiger partial charge in [0, 0.05) is 63.0 Å². The lowest BCUT2D eigenvalue weighted by Crippen LogP contribution is -2.11. The van der Waals surface area contributed by atoms with Crippen molar-refractivity contribution in [3.8, 4) is 22.5 Å². The molecule has 0 radical (unpaired) electrons. The third-order valence-corrected chi connectivity index (χ3v) is 7.55. The van der Waals surface area contributed by atoms with Crippen molar-refractivity contribution in [3.63, 3.8) is 0 Å². The summed E-state index contributed by atoms with van der Waals surface area (Å²) in [6.45, 7) is 6.05. The van der Waals surface area contributed by atoms with Gasteiger partial charge in [0.1, 0.15) is 0 Å². The number of halogens is 1. The third kappa shape index (κ3) is 4.49. The first kappa shape index (κ1) is 24.4. The van der Waals surface area contributed by atoms with Crippen LogP contribution in [-0.2, 0) is 26.4 Å². The standard InChI is InChI=1S/C29H31ClN8/c1-5-38-13-11-25(35-38)32-29-31-16-20-7-9-24-26(27(20)33-29)28(37(4)34-24)22-8-6-19(15-23(22)30)21-14-18(2)10-12-36(3)17-21/h6,8,11,13-17H,5,7,9-10,12H2,1-4H3,(H,31,32,33,35). The third-order valence-electron chi connectivity index (χ3n) is 7.23. The number of hydrogen-bond acceptors (Lipinski definition) is 6. The van der Waals surface area contributed by atoms with Gasteiger partial charge >= 0.3 is 0 Å². The van der Waals surface area contributed by atoms with Gasteiger partial charge in [-0.2, -0.15) is 10.2 Å². The fourth-order valence-electron chi connectivity index (χ4n) is 5.23. The van der Waals surface area contributed by atoms with E-state index in [1.165, 1.54) is 11.1 Å². The highest BCUT2D eigenvalue weighted by atomic mass is 35.5. The Kier molecular flexibility index (Phi) is 6.27. The maximum Gasteiger partial charge on any atom is 0.228 e. The number of hydrogen-bond donors (Lipinski definition) is 1. The lowest BCUT2D eigenvalue weighted by atomic mass is 9.91. The molecule has 9 heteroatoms. The molecule has 194 valence electrons. The lowest BCUT2D eigenvalue weighted by molar-refractivity contribution is 0.464. The van der Waals surface area contributed by atoms with Gasteiger partial charge in [0.25, 0.3) is 0 Å². The average Bonchev–Trinajstić information content (AvgIpc) is 3.45. The van der Waals surface area contributed by atoms with Gasteiger partial charge in [-0.3, -0.25) is 9.36 Å². The van der Waals surface area contributed by atoms with Crippen molar-refractivity contribution in [2.24, 2.45) is 7.05 Å². The molecular weight excluding hydrogens is 496 g/mol. The molecule has 4 heterocycles. The first-order valence-corrected chi connectivity index (χ1v) is 13.4. The van der Waals surface area contributed by atoms with Gasteiger partial charge in [-0.05, 0) is 55.9 Å². The molecule has 0 spiro atoms. The molecule has 0 amide bonds. The van der Waals surface area contributed by atoms with Crippen molar-refractivity contribution in [2.75, 3.05) is 18.9 Å². The van der Waals surface area contributed by atoms with Crippen molar-refractivity contribution in [1.29, 1.82) is 0 Å². The zero-order chi connectivity index (χ0) is 26.4. The van der Waals surface area contributed by atoms with Crippen LogP contribution in [0.3, 0.4) is 0 Å². The molecule has 1 aliphatic carbocycles. The minimum absolute atomic E-state index is 0.515. The first-order valence-electron chi connectivity index (χ1n) is 13.0. The van der Waals surface area contributed by atoms with Crippen LogP contribution in [0.5, 0.6) is 0 Å². The largest absolute Gasteiger partial charge is 0.380 e. The minimum atomic E-state index is 0.515. The smallest absolute Gasteiger partial charge is 0.228 e. The Hall–Kier alpha value is -3.91. The van der Waals surface area contributed by atoms with Crippen LogP contribution in [0, 0.1) is 0 Å². The summed E-state index contributed by atoms with van der Waals surface area (Å²) in [6.07, 6.45) is 11.0. The molecule has 0 saturated heterocycles. The molecule has 6 rings (SSSR count). The van der Waals surface area contributed by atoms with Gasteiger partial charge in [-0.15, -0.1) is 0 Å². The highest BCUT2D eigenvalue weighted by Crippen LogP contribution is 2.42. The van der Waals surface area contributed by atoms with E-state index in [-0.39, 0.29) is 0 Å². The number of allylic oxidation sites excluding steroid dienone is 2. The van der Waals surface area contributed by atoms with E-state index in [2.05, 4.69) is 71.7 Å². The number of anilines is 2. The van der Waals surface area contributed by atoms with E-state index < -0.39 is 0 Å². The topological polar surface area (TPSA) is 76.7 Å². The Morgan fingerprint density at radius 3 is 2.74 bits per heavy atom. The highest BCUT2D eigenvalue weighted by molar-refractivity contribution is 6.33. The van der Waals surface area contributed by atoms with Crippen molar-refractivity contribution >= 4 is 28.9 Å². The molecule has 0 saturated carbocycles. The summed E-state index contributed by atoms with van der Waals surface area (Å²) >= 11 is 6.99. The second kappa shape index (κ2) is 9.76. The van der Waals surface area contributed by atoms with Gasteiger partial charge in [-0.25, -0.2) is 9.97 Å². The average molecular weight is 527 g/mol. The van der Waals surface area contributed by atoms with Crippen molar-refractivity contribution in [3.05, 3.63) is 76.4 Å². The van der Waals surface area contributed by atoms with Gasteiger partial charge in [0.15, 0.2) is 5.82 Å². The van der Waals surface area contributed by atoms with Crippen LogP contribution in [0.2, 0.25) is 5.02 Å². The molecule has 0 fully saturated rings. The molecule has 38 heavy (non-hydrogen) atoms. The highest BCUT2D eigenvalue weighted by Gasteiger charge is 2.28. The molecule has 0 atom stereocenters. The molecule has 4 aromatic rings. The van der Waals surface area contributed by atoms with E-state index in [0.29, 0.717) is 11.0 Å². The predicted molar refractivity (Wildman–Crippen MR) is 152 cm³/mol. The zero-order valence-electron chi connectivity index (χ0n) is 22.2. The van der Waals surface area contributed by atoms with Crippen LogP contribution < -0.4 is 5.32 Å². The van der Waals surface area contributed by atoms with Gasteiger partial charge in [-0.1, -0.05) is 35.4 Å². The summed E-state index contributed by atoms with van der Waals surface area (Å²) in [5, 5.41) is 13.3. The number of nitrogens with one attached hydrogen (secondary N) is 1. The van der Waals surface area contributed by atoms with Crippen molar-refractivity contribution < 1.29 is 0 Å². The Morgan fingerprint density at radius 2 is 1.95 bits per heavy atom. The molecule has 8 nitrogen and oxygen atoms in total. The molecule has 3 aromatic heterocycles. The molecule has 2 aliphatic rings. The summed E-state index contributed by atoms with van der Waals surface area (Å²) in [5.74, 6) is 1.23. The maximum absolute atomic E-state index is 6.99. The van der Waals surface area contributed by atoms with Gasteiger partial charge in [0.05, 0.1) is 22.1 Å². The fourth-order valence-corrected chi connectivity index (χ4v) is 5.50. The van der Waals surface area contributed by atoms with Crippen LogP contribution in [0.15, 0.2) is 54.5 Å². The second-order valence-electron chi connectivity index (χ2n) is 10.0. The van der Waals surface area contributed by atoms with Crippen LogP contribution in [0.4, 0.5) is 11.8 Å². The number of rotatable bonds is 5. The summed E-state index contributed by atoms with van der Waals surface area (Å²) in [7, 11) is 4.09. The Morgan fingerprint density at radius 1 is 1.08 bits per heavy atom. The molecule has 0 unspecified atom stereocenters. The Balaban J connectivity index is 1.40. The van der Waals surface area contributed by atoms with E-state index in [1.54, 1.807) is 0 Å². The molecule has 1 aromatic carbocycles. The molecule has 1 aliphatic heterocycles. The van der Waals surface area contributed by atoms with Gasteiger partial charge in [0.2, 0.25) is 5.95 Å².